The van der Waals surface area contributed by atoms with Gasteiger partial charge >= 0.3 is 0 Å². The van der Waals surface area contributed by atoms with Crippen molar-refractivity contribution in [3.05, 3.63) is 24.3 Å². The number of carbonyl (C=O) groups excluding carboxylic acids is 1. The van der Waals surface area contributed by atoms with Gasteiger partial charge in [0.1, 0.15) is 11.5 Å². The fourth-order valence-electron chi connectivity index (χ4n) is 2.44. The van der Waals surface area contributed by atoms with Crippen LogP contribution in [0.25, 0.3) is 0 Å². The Labute approximate surface area is 119 Å². The summed E-state index contributed by atoms with van der Waals surface area (Å²) in [5, 5.41) is 3.16. The smallest absolute Gasteiger partial charge is 0.260 e. The summed E-state index contributed by atoms with van der Waals surface area (Å²) >= 11 is 0. The predicted octanol–water partition coefficient (Wildman–Crippen LogP) is 1.14. The van der Waals surface area contributed by atoms with E-state index >= 15 is 0 Å². The number of ether oxygens (including phenoxy) is 2. The first-order chi connectivity index (χ1) is 9.72. The average molecular weight is 278 g/mol. The number of methoxy groups -OCH3 is 1. The summed E-state index contributed by atoms with van der Waals surface area (Å²) in [5.74, 6) is 1.99. The maximum atomic E-state index is 12.1. The second kappa shape index (κ2) is 7.14. The Balaban J connectivity index is 1.80. The van der Waals surface area contributed by atoms with E-state index in [0.717, 1.165) is 31.8 Å². The summed E-state index contributed by atoms with van der Waals surface area (Å²) in [6, 6.07) is 7.29. The Morgan fingerprint density at radius 2 is 2.25 bits per heavy atom. The SMILES string of the molecule is CNCC1CCN(C(=O)COc2cccc(OC)c2)C1. The maximum Gasteiger partial charge on any atom is 0.260 e. The van der Waals surface area contributed by atoms with Crippen LogP contribution in [0.3, 0.4) is 0 Å². The van der Waals surface area contributed by atoms with Gasteiger partial charge in [-0.1, -0.05) is 6.07 Å². The number of nitrogens with one attached hydrogen (secondary N) is 1. The van der Waals surface area contributed by atoms with E-state index in [2.05, 4.69) is 5.32 Å². The van der Waals surface area contributed by atoms with E-state index < -0.39 is 0 Å². The van der Waals surface area contributed by atoms with Crippen LogP contribution in [0.15, 0.2) is 24.3 Å². The largest absolute Gasteiger partial charge is 0.497 e. The summed E-state index contributed by atoms with van der Waals surface area (Å²) < 4.78 is 10.7. The number of benzene rings is 1. The van der Waals surface area contributed by atoms with Crippen molar-refractivity contribution in [3.63, 3.8) is 0 Å². The monoisotopic (exact) mass is 278 g/mol. The van der Waals surface area contributed by atoms with Crippen LogP contribution in [0.4, 0.5) is 0 Å². The van der Waals surface area contributed by atoms with Gasteiger partial charge in [0, 0.05) is 19.2 Å². The topological polar surface area (TPSA) is 50.8 Å². The van der Waals surface area contributed by atoms with Gasteiger partial charge in [0.05, 0.1) is 7.11 Å². The summed E-state index contributed by atoms with van der Waals surface area (Å²) in [4.78, 5) is 13.9. The van der Waals surface area contributed by atoms with Crippen LogP contribution in [0.5, 0.6) is 11.5 Å². The zero-order chi connectivity index (χ0) is 14.4. The van der Waals surface area contributed by atoms with Crippen LogP contribution in [0, 0.1) is 5.92 Å². The molecule has 0 radical (unpaired) electrons. The molecule has 0 bridgehead atoms. The van der Waals surface area contributed by atoms with E-state index in [1.807, 2.05) is 30.1 Å². The Bertz CT molecular complexity index is 450. The van der Waals surface area contributed by atoms with Crippen molar-refractivity contribution in [2.75, 3.05) is 40.4 Å². The van der Waals surface area contributed by atoms with Crippen molar-refractivity contribution in [2.45, 2.75) is 6.42 Å². The van der Waals surface area contributed by atoms with Gasteiger partial charge < -0.3 is 19.7 Å². The third-order valence-corrected chi connectivity index (χ3v) is 3.53. The molecule has 1 aromatic rings. The third-order valence-electron chi connectivity index (χ3n) is 3.53. The molecular weight excluding hydrogens is 256 g/mol. The van der Waals surface area contributed by atoms with Crippen LogP contribution in [-0.2, 0) is 4.79 Å². The first-order valence-electron chi connectivity index (χ1n) is 6.92. The average Bonchev–Trinajstić information content (AvgIpc) is 2.94. The van der Waals surface area contributed by atoms with Crippen LogP contribution in [-0.4, -0.2) is 51.2 Å². The zero-order valence-corrected chi connectivity index (χ0v) is 12.1. The van der Waals surface area contributed by atoms with Gasteiger partial charge in [-0.3, -0.25) is 4.79 Å². The first-order valence-corrected chi connectivity index (χ1v) is 6.92. The molecule has 1 heterocycles. The van der Waals surface area contributed by atoms with Gasteiger partial charge in [0.2, 0.25) is 0 Å². The van der Waals surface area contributed by atoms with Gasteiger partial charge in [-0.2, -0.15) is 0 Å². The summed E-state index contributed by atoms with van der Waals surface area (Å²) in [6.45, 7) is 2.69. The predicted molar refractivity (Wildman–Crippen MR) is 77.1 cm³/mol. The molecule has 1 fully saturated rings. The number of hydrogen-bond donors (Lipinski definition) is 1. The van der Waals surface area contributed by atoms with E-state index in [0.29, 0.717) is 11.7 Å². The minimum atomic E-state index is 0.0476. The molecule has 1 unspecified atom stereocenters. The molecule has 1 N–H and O–H groups in total. The molecule has 2 rings (SSSR count). The molecule has 0 spiro atoms. The van der Waals surface area contributed by atoms with E-state index in [4.69, 9.17) is 9.47 Å². The molecule has 0 aromatic heterocycles. The molecule has 1 saturated heterocycles. The van der Waals surface area contributed by atoms with Gasteiger partial charge in [-0.05, 0) is 38.1 Å². The Kier molecular flexibility index (Phi) is 5.24. The van der Waals surface area contributed by atoms with Crippen molar-refractivity contribution >= 4 is 5.91 Å². The van der Waals surface area contributed by atoms with Gasteiger partial charge in [-0.15, -0.1) is 0 Å². The number of carbonyl (C=O) groups is 1. The molecule has 0 aliphatic carbocycles. The lowest BCUT2D eigenvalue weighted by molar-refractivity contribution is -0.132. The number of likely N-dealkylation sites (tertiary alicyclic amines) is 1. The molecule has 1 atom stereocenters. The van der Waals surface area contributed by atoms with Gasteiger partial charge in [0.15, 0.2) is 6.61 Å². The quantitative estimate of drug-likeness (QED) is 0.848. The second-order valence-electron chi connectivity index (χ2n) is 5.02. The molecule has 20 heavy (non-hydrogen) atoms. The standard InChI is InChI=1S/C15H22N2O3/c1-16-9-12-6-7-17(10-12)15(18)11-20-14-5-3-4-13(8-14)19-2/h3-5,8,12,16H,6-7,9-11H2,1-2H3. The lowest BCUT2D eigenvalue weighted by Crippen LogP contribution is -2.34. The van der Waals surface area contributed by atoms with Crippen LogP contribution in [0.1, 0.15) is 6.42 Å². The molecule has 110 valence electrons. The molecular formula is C15H22N2O3. The minimum Gasteiger partial charge on any atom is -0.497 e. The summed E-state index contributed by atoms with van der Waals surface area (Å²) in [5.41, 5.74) is 0. The normalized spacial score (nSPS) is 18.1. The minimum absolute atomic E-state index is 0.0476. The highest BCUT2D eigenvalue weighted by molar-refractivity contribution is 5.78. The summed E-state index contributed by atoms with van der Waals surface area (Å²) in [6.07, 6.45) is 1.06. The van der Waals surface area contributed by atoms with E-state index in [1.54, 1.807) is 13.2 Å². The van der Waals surface area contributed by atoms with E-state index in [1.165, 1.54) is 0 Å². The molecule has 5 heteroatoms. The number of hydrogen-bond acceptors (Lipinski definition) is 4. The van der Waals surface area contributed by atoms with Crippen molar-refractivity contribution < 1.29 is 14.3 Å². The third kappa shape index (κ3) is 3.87. The highest BCUT2D eigenvalue weighted by Crippen LogP contribution is 2.19. The lowest BCUT2D eigenvalue weighted by atomic mass is 10.1. The maximum absolute atomic E-state index is 12.1. The van der Waals surface area contributed by atoms with Crippen LogP contribution in [0.2, 0.25) is 0 Å². The highest BCUT2D eigenvalue weighted by atomic mass is 16.5. The summed E-state index contributed by atoms with van der Waals surface area (Å²) in [7, 11) is 3.55. The van der Waals surface area contributed by atoms with Gasteiger partial charge in [0.25, 0.3) is 5.91 Å². The Morgan fingerprint density at radius 3 is 3.00 bits per heavy atom. The molecule has 0 saturated carbocycles. The van der Waals surface area contributed by atoms with Crippen molar-refractivity contribution in [1.82, 2.24) is 10.2 Å². The van der Waals surface area contributed by atoms with Crippen LogP contribution >= 0.6 is 0 Å². The second-order valence-corrected chi connectivity index (χ2v) is 5.02. The highest BCUT2D eigenvalue weighted by Gasteiger charge is 2.25. The first kappa shape index (κ1) is 14.7. The molecule has 1 aromatic carbocycles. The number of rotatable bonds is 6. The molecule has 5 nitrogen and oxygen atoms in total. The number of amides is 1. The van der Waals surface area contributed by atoms with Gasteiger partial charge in [-0.25, -0.2) is 0 Å². The van der Waals surface area contributed by atoms with E-state index in [-0.39, 0.29) is 12.5 Å². The fourth-order valence-corrected chi connectivity index (χ4v) is 2.44. The van der Waals surface area contributed by atoms with Crippen LogP contribution < -0.4 is 14.8 Å². The van der Waals surface area contributed by atoms with E-state index in [9.17, 15) is 4.79 Å². The van der Waals surface area contributed by atoms with Crippen molar-refractivity contribution in [2.24, 2.45) is 5.92 Å². The molecule has 1 amide bonds. The van der Waals surface area contributed by atoms with Crippen molar-refractivity contribution in [3.8, 4) is 11.5 Å². The zero-order valence-electron chi connectivity index (χ0n) is 12.1. The number of nitrogens with zero attached hydrogens (tertiary/aromatic N) is 1. The molecule has 1 aliphatic rings. The Morgan fingerprint density at radius 1 is 1.45 bits per heavy atom. The fraction of sp³-hybridized carbons (Fsp3) is 0.533. The lowest BCUT2D eigenvalue weighted by Gasteiger charge is -2.17. The Hall–Kier alpha value is -1.75. The van der Waals surface area contributed by atoms with Crippen molar-refractivity contribution in [1.29, 1.82) is 0 Å². The molecule has 1 aliphatic heterocycles.